The Morgan fingerprint density at radius 1 is 1.00 bits per heavy atom. The van der Waals surface area contributed by atoms with Crippen LogP contribution in [-0.2, 0) is 7.05 Å². The topological polar surface area (TPSA) is 4.93 Å². The van der Waals surface area contributed by atoms with Crippen molar-refractivity contribution in [1.82, 2.24) is 4.57 Å². The van der Waals surface area contributed by atoms with E-state index in [1.54, 1.807) is 0 Å². The molecule has 1 nitrogen and oxygen atoms in total. The van der Waals surface area contributed by atoms with Crippen LogP contribution >= 0.6 is 0 Å². The van der Waals surface area contributed by atoms with Gasteiger partial charge in [0.25, 0.3) is 0 Å². The molecule has 1 heteroatoms. The molecular weight excluding hydrogens is 194 g/mol. The van der Waals surface area contributed by atoms with Gasteiger partial charge in [0.15, 0.2) is 0 Å². The van der Waals surface area contributed by atoms with E-state index in [0.717, 1.165) is 0 Å². The van der Waals surface area contributed by atoms with E-state index in [4.69, 9.17) is 0 Å². The number of aryl methyl sites for hydroxylation is 1. The quantitative estimate of drug-likeness (QED) is 0.572. The van der Waals surface area contributed by atoms with Crippen LogP contribution in [0.15, 0.2) is 54.6 Å². The summed E-state index contributed by atoms with van der Waals surface area (Å²) in [5, 5.41) is 1.29. The molecule has 77 valence electrons. The molecule has 0 aliphatic rings. The Labute approximate surface area is 95.0 Å². The molecule has 1 aromatic heterocycles. The molecule has 0 spiro atoms. The van der Waals surface area contributed by atoms with Gasteiger partial charge in [-0.15, -0.1) is 0 Å². The van der Waals surface area contributed by atoms with Crippen LogP contribution in [0.1, 0.15) is 0 Å². The molecule has 0 amide bonds. The molecule has 3 rings (SSSR count). The van der Waals surface area contributed by atoms with Crippen LogP contribution in [0.25, 0.3) is 22.2 Å². The summed E-state index contributed by atoms with van der Waals surface area (Å²) in [4.78, 5) is 0. The van der Waals surface area contributed by atoms with E-state index < -0.39 is 0 Å². The molecule has 0 saturated heterocycles. The van der Waals surface area contributed by atoms with Crippen molar-refractivity contribution >= 4 is 10.9 Å². The fourth-order valence-corrected chi connectivity index (χ4v) is 2.12. The van der Waals surface area contributed by atoms with Gasteiger partial charge in [0.2, 0.25) is 0 Å². The van der Waals surface area contributed by atoms with E-state index in [1.165, 1.54) is 22.2 Å². The summed E-state index contributed by atoms with van der Waals surface area (Å²) in [5.74, 6) is 0. The zero-order valence-electron chi connectivity index (χ0n) is 9.14. The number of hydrogen-bond donors (Lipinski definition) is 0. The first-order valence-electron chi connectivity index (χ1n) is 5.37. The zero-order valence-corrected chi connectivity index (χ0v) is 9.14. The van der Waals surface area contributed by atoms with Gasteiger partial charge in [-0.1, -0.05) is 42.5 Å². The van der Waals surface area contributed by atoms with Crippen LogP contribution in [0, 0.1) is 6.07 Å². The Balaban J connectivity index is 2.29. The maximum Gasteiger partial charge on any atom is 0.0488 e. The smallest absolute Gasteiger partial charge is 0.0488 e. The van der Waals surface area contributed by atoms with Gasteiger partial charge in [-0.05, 0) is 23.8 Å². The zero-order chi connectivity index (χ0) is 11.0. The number of benzene rings is 2. The Kier molecular flexibility index (Phi) is 2.03. The third-order valence-electron chi connectivity index (χ3n) is 2.97. The molecule has 0 aliphatic heterocycles. The number of nitrogens with zero attached hydrogens (tertiary/aromatic N) is 1. The minimum Gasteiger partial charge on any atom is -0.344 e. The number of rotatable bonds is 1. The Hall–Kier alpha value is -2.02. The van der Waals surface area contributed by atoms with E-state index >= 15 is 0 Å². The Bertz CT molecular complexity index is 620. The summed E-state index contributed by atoms with van der Waals surface area (Å²) in [6.45, 7) is 0. The largest absolute Gasteiger partial charge is 0.344 e. The van der Waals surface area contributed by atoms with Gasteiger partial charge in [-0.3, -0.25) is 0 Å². The van der Waals surface area contributed by atoms with Crippen molar-refractivity contribution in [3.05, 3.63) is 60.7 Å². The SMILES string of the molecule is Cn1c(-c2cc[c]cc2)cc2ccccc21. The van der Waals surface area contributed by atoms with E-state index in [-0.39, 0.29) is 0 Å². The highest BCUT2D eigenvalue weighted by Gasteiger charge is 2.05. The molecule has 3 aromatic rings. The second-order valence-corrected chi connectivity index (χ2v) is 3.94. The number of aromatic nitrogens is 1. The van der Waals surface area contributed by atoms with Crippen LogP contribution in [0.4, 0.5) is 0 Å². The van der Waals surface area contributed by atoms with Crippen LogP contribution in [0.2, 0.25) is 0 Å². The summed E-state index contributed by atoms with van der Waals surface area (Å²) < 4.78 is 2.23. The molecule has 0 unspecified atom stereocenters. The lowest BCUT2D eigenvalue weighted by Crippen LogP contribution is -1.90. The predicted molar refractivity (Wildman–Crippen MR) is 67.2 cm³/mol. The molecule has 1 radical (unpaired) electrons. The molecule has 0 fully saturated rings. The minimum absolute atomic E-state index is 1.23. The summed E-state index contributed by atoms with van der Waals surface area (Å²) >= 11 is 0. The van der Waals surface area contributed by atoms with Crippen molar-refractivity contribution in [2.24, 2.45) is 7.05 Å². The highest BCUT2D eigenvalue weighted by molar-refractivity contribution is 5.86. The lowest BCUT2D eigenvalue weighted by Gasteiger charge is -2.03. The standard InChI is InChI=1S/C15H12N/c1-16-14-10-6-5-9-13(14)11-15(16)12-7-3-2-4-8-12/h3-11H,1H3. The van der Waals surface area contributed by atoms with E-state index in [2.05, 4.69) is 60.1 Å². The molecule has 2 aromatic carbocycles. The first-order valence-corrected chi connectivity index (χ1v) is 5.37. The lowest BCUT2D eigenvalue weighted by molar-refractivity contribution is 0.978. The monoisotopic (exact) mass is 206 g/mol. The van der Waals surface area contributed by atoms with Gasteiger partial charge in [-0.25, -0.2) is 0 Å². The van der Waals surface area contributed by atoms with Gasteiger partial charge >= 0.3 is 0 Å². The lowest BCUT2D eigenvalue weighted by atomic mass is 10.1. The molecule has 1 heterocycles. The Morgan fingerprint density at radius 3 is 2.50 bits per heavy atom. The average molecular weight is 206 g/mol. The van der Waals surface area contributed by atoms with Gasteiger partial charge < -0.3 is 4.57 Å². The molecular formula is C15H12N. The van der Waals surface area contributed by atoms with Crippen molar-refractivity contribution < 1.29 is 0 Å². The maximum atomic E-state index is 3.05. The number of hydrogen-bond acceptors (Lipinski definition) is 0. The fraction of sp³-hybridized carbons (Fsp3) is 0.0667. The highest BCUT2D eigenvalue weighted by atomic mass is 14.9. The van der Waals surface area contributed by atoms with Gasteiger partial charge in [0.05, 0.1) is 0 Å². The number of fused-ring (bicyclic) bond motifs is 1. The van der Waals surface area contributed by atoms with Crippen molar-refractivity contribution in [2.45, 2.75) is 0 Å². The summed E-state index contributed by atoms with van der Waals surface area (Å²) in [5.41, 5.74) is 3.75. The Morgan fingerprint density at radius 2 is 1.75 bits per heavy atom. The maximum absolute atomic E-state index is 3.05. The van der Waals surface area contributed by atoms with Crippen LogP contribution < -0.4 is 0 Å². The van der Waals surface area contributed by atoms with Crippen molar-refractivity contribution in [2.75, 3.05) is 0 Å². The van der Waals surface area contributed by atoms with Crippen LogP contribution in [0.3, 0.4) is 0 Å². The molecule has 0 atom stereocenters. The van der Waals surface area contributed by atoms with Gasteiger partial charge in [0, 0.05) is 23.6 Å². The third kappa shape index (κ3) is 1.33. The first kappa shape index (κ1) is 9.22. The summed E-state index contributed by atoms with van der Waals surface area (Å²) in [7, 11) is 2.11. The first-order chi connectivity index (χ1) is 7.86. The molecule has 0 N–H and O–H groups in total. The fourth-order valence-electron chi connectivity index (χ4n) is 2.12. The van der Waals surface area contributed by atoms with Gasteiger partial charge in [0.1, 0.15) is 0 Å². The molecule has 16 heavy (non-hydrogen) atoms. The normalized spacial score (nSPS) is 10.8. The van der Waals surface area contributed by atoms with Crippen LogP contribution in [-0.4, -0.2) is 4.57 Å². The summed E-state index contributed by atoms with van der Waals surface area (Å²) in [6.07, 6.45) is 0. The third-order valence-corrected chi connectivity index (χ3v) is 2.97. The van der Waals surface area contributed by atoms with Gasteiger partial charge in [-0.2, -0.15) is 0 Å². The van der Waals surface area contributed by atoms with Crippen LogP contribution in [0.5, 0.6) is 0 Å². The second kappa shape index (κ2) is 3.53. The predicted octanol–water partition coefficient (Wildman–Crippen LogP) is 3.65. The van der Waals surface area contributed by atoms with E-state index in [0.29, 0.717) is 0 Å². The van der Waals surface area contributed by atoms with E-state index in [1.807, 2.05) is 12.1 Å². The average Bonchev–Trinajstić information content (AvgIpc) is 2.69. The van der Waals surface area contributed by atoms with Crippen molar-refractivity contribution in [1.29, 1.82) is 0 Å². The second-order valence-electron chi connectivity index (χ2n) is 3.94. The molecule has 0 bridgehead atoms. The van der Waals surface area contributed by atoms with Crippen molar-refractivity contribution in [3.63, 3.8) is 0 Å². The molecule has 0 saturated carbocycles. The summed E-state index contributed by atoms with van der Waals surface area (Å²) in [6, 6.07) is 21.8. The van der Waals surface area contributed by atoms with E-state index in [9.17, 15) is 0 Å². The molecule has 0 aliphatic carbocycles. The number of para-hydroxylation sites is 1. The van der Waals surface area contributed by atoms with Crippen molar-refractivity contribution in [3.8, 4) is 11.3 Å². The minimum atomic E-state index is 1.23. The highest BCUT2D eigenvalue weighted by Crippen LogP contribution is 2.26.